The summed E-state index contributed by atoms with van der Waals surface area (Å²) in [4.78, 5) is 35.9. The molecule has 1 aromatic heterocycles. The van der Waals surface area contributed by atoms with Gasteiger partial charge in [-0.15, -0.1) is 11.8 Å². The molecule has 2 aromatic rings. The molecule has 0 aliphatic carbocycles. The Hall–Kier alpha value is -3.01. The molecule has 10 heteroatoms. The van der Waals surface area contributed by atoms with Crippen LogP contribution < -0.4 is 15.0 Å². The lowest BCUT2D eigenvalue weighted by atomic mass is 10.3. The van der Waals surface area contributed by atoms with Gasteiger partial charge in [0, 0.05) is 18.8 Å². The number of carboxylic acid groups (broad SMARTS) is 1. The number of carboxylic acids is 1. The molecule has 0 aliphatic heterocycles. The summed E-state index contributed by atoms with van der Waals surface area (Å²) in [5.74, 6) is 0.0445. The number of aliphatic carboxylic acids is 1. The van der Waals surface area contributed by atoms with Crippen molar-refractivity contribution in [2.24, 2.45) is 0 Å². The van der Waals surface area contributed by atoms with Gasteiger partial charge >= 0.3 is 5.97 Å². The predicted molar refractivity (Wildman–Crippen MR) is 100 cm³/mol. The summed E-state index contributed by atoms with van der Waals surface area (Å²) in [6.45, 7) is 1.29. The smallest absolute Gasteiger partial charge is 0.341 e. The molecule has 2 rings (SSSR count). The summed E-state index contributed by atoms with van der Waals surface area (Å²) in [5.41, 5.74) is 0.630. The first-order valence-corrected chi connectivity index (χ1v) is 9.02. The Morgan fingerprint density at radius 3 is 2.56 bits per heavy atom. The Labute approximate surface area is 159 Å². The van der Waals surface area contributed by atoms with Crippen LogP contribution in [0.25, 0.3) is 0 Å². The van der Waals surface area contributed by atoms with E-state index in [1.807, 2.05) is 0 Å². The molecule has 27 heavy (non-hydrogen) atoms. The summed E-state index contributed by atoms with van der Waals surface area (Å²) >= 11 is 1.18. The van der Waals surface area contributed by atoms with E-state index < -0.39 is 12.6 Å². The SMILES string of the molecule is Cc1cc(NC(=O)CSCC(=O)N(C)c2ccc(OCC(=O)O)cc2)no1. The molecule has 0 aliphatic rings. The van der Waals surface area contributed by atoms with Crippen LogP contribution in [0.4, 0.5) is 11.5 Å². The number of nitrogens with one attached hydrogen (secondary N) is 1. The maximum absolute atomic E-state index is 12.2. The van der Waals surface area contributed by atoms with Crippen LogP contribution in [0.1, 0.15) is 5.76 Å². The van der Waals surface area contributed by atoms with Crippen molar-refractivity contribution in [3.8, 4) is 5.75 Å². The highest BCUT2D eigenvalue weighted by atomic mass is 32.2. The first-order valence-electron chi connectivity index (χ1n) is 7.87. The van der Waals surface area contributed by atoms with Gasteiger partial charge in [0.05, 0.1) is 11.5 Å². The molecule has 0 radical (unpaired) electrons. The number of rotatable bonds is 9. The lowest BCUT2D eigenvalue weighted by Crippen LogP contribution is -2.28. The molecular formula is C17H19N3O6S. The standard InChI is InChI=1S/C17H19N3O6S/c1-11-7-14(19-26-11)18-15(21)9-27-10-16(22)20(2)12-3-5-13(6-4-12)25-8-17(23)24/h3-7H,8-10H2,1-2H3,(H,23,24)(H,18,19,21). The molecule has 0 unspecified atom stereocenters. The topological polar surface area (TPSA) is 122 Å². The van der Waals surface area contributed by atoms with Crippen LogP contribution in [0.15, 0.2) is 34.9 Å². The number of ether oxygens (including phenoxy) is 1. The van der Waals surface area contributed by atoms with E-state index in [-0.39, 0.29) is 23.3 Å². The van der Waals surface area contributed by atoms with E-state index in [0.29, 0.717) is 23.0 Å². The lowest BCUT2D eigenvalue weighted by molar-refractivity contribution is -0.139. The molecule has 0 atom stereocenters. The van der Waals surface area contributed by atoms with Crippen LogP contribution in [-0.2, 0) is 14.4 Å². The lowest BCUT2D eigenvalue weighted by Gasteiger charge is -2.17. The third-order valence-corrected chi connectivity index (χ3v) is 4.23. The highest BCUT2D eigenvalue weighted by Crippen LogP contribution is 2.19. The van der Waals surface area contributed by atoms with Gasteiger partial charge in [-0.2, -0.15) is 0 Å². The van der Waals surface area contributed by atoms with E-state index >= 15 is 0 Å². The number of anilines is 2. The third kappa shape index (κ3) is 6.66. The van der Waals surface area contributed by atoms with Crippen molar-refractivity contribution in [1.29, 1.82) is 0 Å². The second-order valence-electron chi connectivity index (χ2n) is 5.49. The third-order valence-electron chi connectivity index (χ3n) is 3.31. The quantitative estimate of drug-likeness (QED) is 0.661. The van der Waals surface area contributed by atoms with Crippen molar-refractivity contribution in [3.05, 3.63) is 36.1 Å². The second-order valence-corrected chi connectivity index (χ2v) is 6.48. The molecule has 2 N–H and O–H groups in total. The van der Waals surface area contributed by atoms with Crippen molar-refractivity contribution < 1.29 is 28.8 Å². The largest absolute Gasteiger partial charge is 0.482 e. The first-order chi connectivity index (χ1) is 12.8. The minimum absolute atomic E-state index is 0.105. The monoisotopic (exact) mass is 393 g/mol. The van der Waals surface area contributed by atoms with E-state index in [2.05, 4.69) is 10.5 Å². The number of benzene rings is 1. The van der Waals surface area contributed by atoms with Crippen LogP contribution in [0, 0.1) is 6.92 Å². The average molecular weight is 393 g/mol. The summed E-state index contributed by atoms with van der Waals surface area (Å²) in [7, 11) is 1.62. The van der Waals surface area contributed by atoms with Gasteiger partial charge in [0.15, 0.2) is 12.4 Å². The predicted octanol–water partition coefficient (Wildman–Crippen LogP) is 1.78. The van der Waals surface area contributed by atoms with Gasteiger partial charge in [-0.25, -0.2) is 4.79 Å². The van der Waals surface area contributed by atoms with E-state index in [1.54, 1.807) is 44.3 Å². The normalized spacial score (nSPS) is 10.3. The number of aromatic nitrogens is 1. The fraction of sp³-hybridized carbons (Fsp3) is 0.294. The minimum atomic E-state index is -1.06. The highest BCUT2D eigenvalue weighted by molar-refractivity contribution is 8.00. The van der Waals surface area contributed by atoms with Gasteiger partial charge in [-0.3, -0.25) is 9.59 Å². The number of nitrogens with zero attached hydrogens (tertiary/aromatic N) is 2. The number of carbonyl (C=O) groups is 3. The molecule has 0 bridgehead atoms. The molecule has 0 fully saturated rings. The van der Waals surface area contributed by atoms with Crippen molar-refractivity contribution in [2.75, 3.05) is 35.4 Å². The van der Waals surface area contributed by atoms with E-state index in [9.17, 15) is 14.4 Å². The zero-order chi connectivity index (χ0) is 19.8. The number of amides is 2. The molecule has 0 saturated heterocycles. The second kappa shape index (κ2) is 9.62. The van der Waals surface area contributed by atoms with Gasteiger partial charge in [0.1, 0.15) is 11.5 Å². The van der Waals surface area contributed by atoms with Crippen LogP contribution in [-0.4, -0.2) is 53.2 Å². The van der Waals surface area contributed by atoms with Crippen LogP contribution in [0.2, 0.25) is 0 Å². The average Bonchev–Trinajstić information content (AvgIpc) is 3.04. The Bertz CT molecular complexity index is 805. The summed E-state index contributed by atoms with van der Waals surface area (Å²) in [5, 5.41) is 14.8. The Morgan fingerprint density at radius 1 is 1.26 bits per heavy atom. The van der Waals surface area contributed by atoms with E-state index in [4.69, 9.17) is 14.4 Å². The fourth-order valence-corrected chi connectivity index (χ4v) is 2.72. The number of hydrogen-bond donors (Lipinski definition) is 2. The molecule has 1 aromatic carbocycles. The van der Waals surface area contributed by atoms with Crippen molar-refractivity contribution in [2.45, 2.75) is 6.92 Å². The zero-order valence-corrected chi connectivity index (χ0v) is 15.6. The molecule has 2 amide bonds. The van der Waals surface area contributed by atoms with Crippen molar-refractivity contribution >= 4 is 41.1 Å². The summed E-state index contributed by atoms with van der Waals surface area (Å²) in [6.07, 6.45) is 0. The number of thioether (sulfide) groups is 1. The van der Waals surface area contributed by atoms with Crippen molar-refractivity contribution in [3.63, 3.8) is 0 Å². The number of aryl methyl sites for hydroxylation is 1. The summed E-state index contributed by atoms with van der Waals surface area (Å²) in [6, 6.07) is 8.08. The highest BCUT2D eigenvalue weighted by Gasteiger charge is 2.13. The fourth-order valence-electron chi connectivity index (χ4n) is 1.99. The van der Waals surface area contributed by atoms with Crippen LogP contribution in [0.5, 0.6) is 5.75 Å². The van der Waals surface area contributed by atoms with Crippen LogP contribution >= 0.6 is 11.8 Å². The maximum atomic E-state index is 12.2. The molecule has 144 valence electrons. The molecule has 0 spiro atoms. The molecule has 1 heterocycles. The van der Waals surface area contributed by atoms with Gasteiger partial charge in [-0.05, 0) is 31.2 Å². The Kier molecular flexibility index (Phi) is 7.24. The van der Waals surface area contributed by atoms with E-state index in [1.165, 1.54) is 16.7 Å². The van der Waals surface area contributed by atoms with Gasteiger partial charge in [0.25, 0.3) is 0 Å². The minimum Gasteiger partial charge on any atom is -0.482 e. The summed E-state index contributed by atoms with van der Waals surface area (Å²) < 4.78 is 9.89. The molecule has 0 saturated carbocycles. The Morgan fingerprint density at radius 2 is 1.96 bits per heavy atom. The van der Waals surface area contributed by atoms with Gasteiger partial charge < -0.3 is 24.6 Å². The van der Waals surface area contributed by atoms with E-state index in [0.717, 1.165) is 0 Å². The molecular weight excluding hydrogens is 374 g/mol. The van der Waals surface area contributed by atoms with Crippen LogP contribution in [0.3, 0.4) is 0 Å². The van der Waals surface area contributed by atoms with Gasteiger partial charge in [-0.1, -0.05) is 5.16 Å². The molecule has 9 nitrogen and oxygen atoms in total. The van der Waals surface area contributed by atoms with Gasteiger partial charge in [0.2, 0.25) is 11.8 Å². The Balaban J connectivity index is 1.76. The number of carbonyl (C=O) groups excluding carboxylic acids is 2. The van der Waals surface area contributed by atoms with Crippen molar-refractivity contribution in [1.82, 2.24) is 5.16 Å². The zero-order valence-electron chi connectivity index (χ0n) is 14.8. The maximum Gasteiger partial charge on any atom is 0.341 e. The number of hydrogen-bond acceptors (Lipinski definition) is 7. The first kappa shape index (κ1) is 20.3.